The third kappa shape index (κ3) is 1.91. The van der Waals surface area contributed by atoms with E-state index in [1.54, 1.807) is 0 Å². The van der Waals surface area contributed by atoms with Crippen LogP contribution in [-0.2, 0) is 0 Å². The summed E-state index contributed by atoms with van der Waals surface area (Å²) in [6, 6.07) is 8.98. The number of benzene rings is 1. The molecule has 4 heteroatoms. The summed E-state index contributed by atoms with van der Waals surface area (Å²) in [5.41, 5.74) is 2.56. The summed E-state index contributed by atoms with van der Waals surface area (Å²) in [4.78, 5) is 14.4. The van der Waals surface area contributed by atoms with E-state index in [-0.39, 0.29) is 5.69 Å². The Morgan fingerprint density at radius 1 is 1.19 bits per heavy atom. The van der Waals surface area contributed by atoms with Crippen LogP contribution in [0.1, 0.15) is 5.56 Å². The molecular weight excluding hydrogens is 204 g/mol. The summed E-state index contributed by atoms with van der Waals surface area (Å²) in [5, 5.41) is 10.8. The van der Waals surface area contributed by atoms with Crippen molar-refractivity contribution in [2.24, 2.45) is 0 Å². The zero-order chi connectivity index (χ0) is 11.5. The van der Waals surface area contributed by atoms with Gasteiger partial charge in [-0.2, -0.15) is 0 Å². The van der Waals surface area contributed by atoms with Crippen molar-refractivity contribution in [2.45, 2.75) is 6.92 Å². The zero-order valence-electron chi connectivity index (χ0n) is 8.75. The molecular formula is C12H10N2O2. The molecule has 0 unspecified atom stereocenters. The van der Waals surface area contributed by atoms with Crippen LogP contribution < -0.4 is 0 Å². The molecule has 0 saturated heterocycles. The Morgan fingerprint density at radius 3 is 2.50 bits per heavy atom. The monoisotopic (exact) mass is 214 g/mol. The van der Waals surface area contributed by atoms with Gasteiger partial charge in [0.1, 0.15) is 0 Å². The van der Waals surface area contributed by atoms with E-state index < -0.39 is 4.92 Å². The molecule has 0 aliphatic heterocycles. The first-order chi connectivity index (χ1) is 7.68. The van der Waals surface area contributed by atoms with Crippen molar-refractivity contribution in [1.29, 1.82) is 0 Å². The molecule has 0 atom stereocenters. The lowest BCUT2D eigenvalue weighted by Gasteiger charge is -2.02. The lowest BCUT2D eigenvalue weighted by molar-refractivity contribution is -0.384. The van der Waals surface area contributed by atoms with Gasteiger partial charge in [0.15, 0.2) is 0 Å². The lowest BCUT2D eigenvalue weighted by atomic mass is 10.0. The number of nitro groups is 1. The van der Waals surface area contributed by atoms with E-state index in [1.807, 2.05) is 31.2 Å². The maximum atomic E-state index is 10.8. The number of hydrogen-bond donors (Lipinski definition) is 0. The van der Waals surface area contributed by atoms with Gasteiger partial charge in [-0.3, -0.25) is 15.1 Å². The topological polar surface area (TPSA) is 56.0 Å². The quantitative estimate of drug-likeness (QED) is 0.570. The minimum absolute atomic E-state index is 0.0823. The van der Waals surface area contributed by atoms with Gasteiger partial charge in [-0.1, -0.05) is 29.8 Å². The average Bonchev–Trinajstić information content (AvgIpc) is 2.30. The molecule has 16 heavy (non-hydrogen) atoms. The fourth-order valence-corrected chi connectivity index (χ4v) is 1.50. The van der Waals surface area contributed by atoms with E-state index in [4.69, 9.17) is 0 Å². The van der Waals surface area contributed by atoms with Crippen molar-refractivity contribution >= 4 is 5.69 Å². The second kappa shape index (κ2) is 4.10. The Labute approximate surface area is 92.7 Å². The highest BCUT2D eigenvalue weighted by Gasteiger charge is 2.14. The molecule has 0 amide bonds. The van der Waals surface area contributed by atoms with Gasteiger partial charge in [-0.25, -0.2) is 0 Å². The van der Waals surface area contributed by atoms with Crippen LogP contribution in [0, 0.1) is 17.0 Å². The molecule has 0 N–H and O–H groups in total. The highest BCUT2D eigenvalue weighted by molar-refractivity contribution is 5.72. The molecule has 2 aromatic rings. The Kier molecular flexibility index (Phi) is 2.64. The highest BCUT2D eigenvalue weighted by atomic mass is 16.6. The van der Waals surface area contributed by atoms with Crippen molar-refractivity contribution in [1.82, 2.24) is 4.98 Å². The van der Waals surface area contributed by atoms with Gasteiger partial charge in [0.25, 0.3) is 5.69 Å². The lowest BCUT2D eigenvalue weighted by Crippen LogP contribution is -1.92. The van der Waals surface area contributed by atoms with Crippen molar-refractivity contribution in [3.8, 4) is 11.1 Å². The molecule has 4 nitrogen and oxygen atoms in total. The van der Waals surface area contributed by atoms with Crippen LogP contribution in [0.2, 0.25) is 0 Å². The van der Waals surface area contributed by atoms with Crippen molar-refractivity contribution < 1.29 is 4.92 Å². The van der Waals surface area contributed by atoms with Gasteiger partial charge >= 0.3 is 0 Å². The fourth-order valence-electron chi connectivity index (χ4n) is 1.50. The summed E-state index contributed by atoms with van der Waals surface area (Å²) in [6.45, 7) is 1.97. The largest absolute Gasteiger partial charge is 0.280 e. The molecule has 1 aromatic carbocycles. The highest BCUT2D eigenvalue weighted by Crippen LogP contribution is 2.28. The Morgan fingerprint density at radius 2 is 1.88 bits per heavy atom. The normalized spacial score (nSPS) is 10.1. The van der Waals surface area contributed by atoms with E-state index in [0.29, 0.717) is 5.56 Å². The van der Waals surface area contributed by atoms with E-state index in [1.165, 1.54) is 18.5 Å². The molecule has 0 fully saturated rings. The molecule has 0 bridgehead atoms. The SMILES string of the molecule is Cc1ccc(-c2cnccc2[N+](=O)[O-])cc1. The van der Waals surface area contributed by atoms with Crippen LogP contribution >= 0.6 is 0 Å². The predicted octanol–water partition coefficient (Wildman–Crippen LogP) is 2.97. The number of rotatable bonds is 2. The van der Waals surface area contributed by atoms with Crippen LogP contribution in [0.3, 0.4) is 0 Å². The summed E-state index contributed by atoms with van der Waals surface area (Å²) in [6.07, 6.45) is 2.94. The molecule has 0 aliphatic carbocycles. The van der Waals surface area contributed by atoms with Gasteiger partial charge in [0.2, 0.25) is 0 Å². The van der Waals surface area contributed by atoms with E-state index in [2.05, 4.69) is 4.98 Å². The fraction of sp³-hybridized carbons (Fsp3) is 0.0833. The van der Waals surface area contributed by atoms with Gasteiger partial charge < -0.3 is 0 Å². The first-order valence-electron chi connectivity index (χ1n) is 4.84. The van der Waals surface area contributed by atoms with Crippen LogP contribution in [0.4, 0.5) is 5.69 Å². The molecule has 2 rings (SSSR count). The van der Waals surface area contributed by atoms with Crippen molar-refractivity contribution in [3.05, 3.63) is 58.4 Å². The summed E-state index contributed by atoms with van der Waals surface area (Å²) in [5.74, 6) is 0. The molecule has 0 saturated carbocycles. The van der Waals surface area contributed by atoms with E-state index in [0.717, 1.165) is 11.1 Å². The molecule has 80 valence electrons. The smallest absolute Gasteiger partial charge is 0.264 e. The van der Waals surface area contributed by atoms with E-state index >= 15 is 0 Å². The average molecular weight is 214 g/mol. The predicted molar refractivity (Wildman–Crippen MR) is 61.1 cm³/mol. The molecule has 1 aromatic heterocycles. The minimum Gasteiger partial charge on any atom is -0.264 e. The summed E-state index contributed by atoms with van der Waals surface area (Å²) in [7, 11) is 0. The van der Waals surface area contributed by atoms with Crippen molar-refractivity contribution in [3.63, 3.8) is 0 Å². The Hall–Kier alpha value is -2.23. The van der Waals surface area contributed by atoms with Crippen LogP contribution in [0.25, 0.3) is 11.1 Å². The van der Waals surface area contributed by atoms with Crippen LogP contribution in [0.15, 0.2) is 42.7 Å². The van der Waals surface area contributed by atoms with Crippen LogP contribution in [-0.4, -0.2) is 9.91 Å². The van der Waals surface area contributed by atoms with Gasteiger partial charge in [0, 0.05) is 18.5 Å². The minimum atomic E-state index is -0.392. The van der Waals surface area contributed by atoms with Gasteiger partial charge in [-0.15, -0.1) is 0 Å². The number of nitrogens with zero attached hydrogens (tertiary/aromatic N) is 2. The standard InChI is InChI=1S/C12H10N2O2/c1-9-2-4-10(5-3-9)11-8-13-7-6-12(11)14(15)16/h2-8H,1H3. The van der Waals surface area contributed by atoms with Crippen LogP contribution in [0.5, 0.6) is 0 Å². The number of aromatic nitrogens is 1. The second-order valence-electron chi connectivity index (χ2n) is 3.52. The third-order valence-electron chi connectivity index (χ3n) is 2.36. The van der Waals surface area contributed by atoms with Gasteiger partial charge in [-0.05, 0) is 12.5 Å². The first kappa shape index (κ1) is 10.3. The Bertz CT molecular complexity index is 521. The van der Waals surface area contributed by atoms with Gasteiger partial charge in [0.05, 0.1) is 10.5 Å². The molecule has 0 spiro atoms. The Balaban J connectivity index is 2.55. The zero-order valence-corrected chi connectivity index (χ0v) is 8.75. The first-order valence-corrected chi connectivity index (χ1v) is 4.84. The maximum absolute atomic E-state index is 10.8. The molecule has 1 heterocycles. The second-order valence-corrected chi connectivity index (χ2v) is 3.52. The number of pyridine rings is 1. The number of hydrogen-bond acceptors (Lipinski definition) is 3. The van der Waals surface area contributed by atoms with Crippen molar-refractivity contribution in [2.75, 3.05) is 0 Å². The number of aryl methyl sites for hydroxylation is 1. The summed E-state index contributed by atoms with van der Waals surface area (Å²) >= 11 is 0. The third-order valence-corrected chi connectivity index (χ3v) is 2.36. The maximum Gasteiger partial charge on any atom is 0.280 e. The molecule has 0 radical (unpaired) electrons. The van der Waals surface area contributed by atoms with E-state index in [9.17, 15) is 10.1 Å². The summed E-state index contributed by atoms with van der Waals surface area (Å²) < 4.78 is 0. The molecule has 0 aliphatic rings.